The third kappa shape index (κ3) is 3.05. The van der Waals surface area contributed by atoms with E-state index in [0.717, 1.165) is 38.8 Å². The maximum atomic E-state index is 12.4. The highest BCUT2D eigenvalue weighted by molar-refractivity contribution is 5.77. The van der Waals surface area contributed by atoms with Crippen molar-refractivity contribution in [3.05, 3.63) is 0 Å². The molecular weight excluding hydrogens is 226 g/mol. The van der Waals surface area contributed by atoms with E-state index in [1.165, 1.54) is 19.3 Å². The zero-order valence-corrected chi connectivity index (χ0v) is 11.8. The Morgan fingerprint density at radius 1 is 1.33 bits per heavy atom. The van der Waals surface area contributed by atoms with Crippen LogP contribution in [0, 0.1) is 11.3 Å². The van der Waals surface area contributed by atoms with Crippen molar-refractivity contribution in [3.8, 4) is 0 Å². The first-order valence-electron chi connectivity index (χ1n) is 7.57. The van der Waals surface area contributed by atoms with Crippen LogP contribution in [0.4, 0.5) is 0 Å². The molecule has 0 aromatic rings. The summed E-state index contributed by atoms with van der Waals surface area (Å²) in [5, 5.41) is 3.32. The number of esters is 1. The van der Waals surface area contributed by atoms with Gasteiger partial charge in [-0.25, -0.2) is 0 Å². The van der Waals surface area contributed by atoms with E-state index in [2.05, 4.69) is 12.2 Å². The lowest BCUT2D eigenvalue weighted by Gasteiger charge is -2.36. The zero-order valence-electron chi connectivity index (χ0n) is 11.8. The van der Waals surface area contributed by atoms with Gasteiger partial charge in [0.25, 0.3) is 0 Å². The number of carbonyl (C=O) groups is 1. The molecule has 3 heteroatoms. The van der Waals surface area contributed by atoms with Crippen molar-refractivity contribution in [1.82, 2.24) is 5.32 Å². The number of rotatable bonds is 3. The van der Waals surface area contributed by atoms with Gasteiger partial charge in [-0.15, -0.1) is 0 Å². The van der Waals surface area contributed by atoms with E-state index in [-0.39, 0.29) is 17.5 Å². The monoisotopic (exact) mass is 253 g/mol. The van der Waals surface area contributed by atoms with Gasteiger partial charge >= 0.3 is 5.97 Å². The Bertz CT molecular complexity index is 284. The van der Waals surface area contributed by atoms with Gasteiger partial charge in [0, 0.05) is 6.54 Å². The number of carbonyl (C=O) groups excluding carboxylic acids is 1. The third-order valence-electron chi connectivity index (χ3n) is 4.71. The normalized spacial score (nSPS) is 37.2. The number of nitrogens with one attached hydrogen (secondary N) is 1. The molecular formula is C15H27NO2. The van der Waals surface area contributed by atoms with Crippen LogP contribution in [0.5, 0.6) is 0 Å². The first kappa shape index (κ1) is 13.9. The summed E-state index contributed by atoms with van der Waals surface area (Å²) >= 11 is 0. The van der Waals surface area contributed by atoms with Crippen molar-refractivity contribution in [3.63, 3.8) is 0 Å². The Hall–Kier alpha value is -0.570. The molecule has 2 rings (SSSR count). The van der Waals surface area contributed by atoms with E-state index in [4.69, 9.17) is 4.74 Å². The quantitative estimate of drug-likeness (QED) is 0.786. The Morgan fingerprint density at radius 2 is 2.11 bits per heavy atom. The van der Waals surface area contributed by atoms with Gasteiger partial charge in [0.15, 0.2) is 0 Å². The van der Waals surface area contributed by atoms with Crippen molar-refractivity contribution < 1.29 is 9.53 Å². The molecule has 1 aliphatic heterocycles. The van der Waals surface area contributed by atoms with Crippen LogP contribution in [0.3, 0.4) is 0 Å². The van der Waals surface area contributed by atoms with Crippen LogP contribution in [-0.4, -0.2) is 25.2 Å². The second-order valence-corrected chi connectivity index (χ2v) is 6.24. The van der Waals surface area contributed by atoms with E-state index in [1.807, 2.05) is 6.92 Å². The summed E-state index contributed by atoms with van der Waals surface area (Å²) in [6, 6.07) is 0. The van der Waals surface area contributed by atoms with Gasteiger partial charge in [0.05, 0.1) is 5.41 Å². The topological polar surface area (TPSA) is 38.3 Å². The van der Waals surface area contributed by atoms with Crippen LogP contribution in [0.1, 0.15) is 58.8 Å². The lowest BCUT2D eigenvalue weighted by molar-refractivity contribution is -0.166. The molecule has 3 atom stereocenters. The van der Waals surface area contributed by atoms with E-state index < -0.39 is 0 Å². The molecule has 2 aliphatic rings. The predicted octanol–water partition coefficient (Wildman–Crippen LogP) is 2.89. The summed E-state index contributed by atoms with van der Waals surface area (Å²) in [6.07, 6.45) is 8.14. The molecule has 1 heterocycles. The SMILES string of the molecule is CCC1CCCCC1OC(=O)C1(C)CCCNC1. The second-order valence-electron chi connectivity index (χ2n) is 6.24. The molecule has 0 aromatic heterocycles. The van der Waals surface area contributed by atoms with E-state index in [0.29, 0.717) is 5.92 Å². The highest BCUT2D eigenvalue weighted by Crippen LogP contribution is 2.33. The average molecular weight is 253 g/mol. The Morgan fingerprint density at radius 3 is 2.78 bits per heavy atom. The van der Waals surface area contributed by atoms with Gasteiger partial charge < -0.3 is 10.1 Å². The minimum absolute atomic E-state index is 0.0278. The van der Waals surface area contributed by atoms with Crippen molar-refractivity contribution in [2.75, 3.05) is 13.1 Å². The highest BCUT2D eigenvalue weighted by Gasteiger charge is 2.38. The highest BCUT2D eigenvalue weighted by atomic mass is 16.5. The summed E-state index contributed by atoms with van der Waals surface area (Å²) in [7, 11) is 0. The van der Waals surface area contributed by atoms with Crippen LogP contribution in [0.15, 0.2) is 0 Å². The van der Waals surface area contributed by atoms with Gasteiger partial charge in [-0.3, -0.25) is 4.79 Å². The minimum Gasteiger partial charge on any atom is -0.462 e. The molecule has 1 saturated heterocycles. The van der Waals surface area contributed by atoms with Gasteiger partial charge in [0.1, 0.15) is 6.10 Å². The van der Waals surface area contributed by atoms with Crippen LogP contribution in [0.2, 0.25) is 0 Å². The lowest BCUT2D eigenvalue weighted by atomic mass is 9.81. The minimum atomic E-state index is -0.298. The Balaban J connectivity index is 1.92. The Kier molecular flexibility index (Phi) is 4.66. The van der Waals surface area contributed by atoms with E-state index in [9.17, 15) is 4.79 Å². The van der Waals surface area contributed by atoms with Crippen LogP contribution < -0.4 is 5.32 Å². The molecule has 0 bridgehead atoms. The molecule has 0 spiro atoms. The fourth-order valence-corrected chi connectivity index (χ4v) is 3.31. The third-order valence-corrected chi connectivity index (χ3v) is 4.71. The van der Waals surface area contributed by atoms with Crippen molar-refractivity contribution in [1.29, 1.82) is 0 Å². The molecule has 104 valence electrons. The number of hydrogen-bond donors (Lipinski definition) is 1. The second kappa shape index (κ2) is 6.05. The molecule has 18 heavy (non-hydrogen) atoms. The summed E-state index contributed by atoms with van der Waals surface area (Å²) in [6.45, 7) is 6.06. The molecule has 1 aliphatic carbocycles. The first-order valence-corrected chi connectivity index (χ1v) is 7.57. The molecule has 0 amide bonds. The average Bonchev–Trinajstić information content (AvgIpc) is 2.40. The maximum Gasteiger partial charge on any atom is 0.313 e. The van der Waals surface area contributed by atoms with E-state index in [1.54, 1.807) is 0 Å². The predicted molar refractivity (Wildman–Crippen MR) is 72.3 cm³/mol. The van der Waals surface area contributed by atoms with Crippen LogP contribution in [0.25, 0.3) is 0 Å². The first-order chi connectivity index (χ1) is 8.65. The molecule has 3 nitrogen and oxygen atoms in total. The Labute approximate surface area is 111 Å². The number of ether oxygens (including phenoxy) is 1. The summed E-state index contributed by atoms with van der Waals surface area (Å²) < 4.78 is 5.86. The van der Waals surface area contributed by atoms with E-state index >= 15 is 0 Å². The van der Waals surface area contributed by atoms with Crippen molar-refractivity contribution in [2.24, 2.45) is 11.3 Å². The summed E-state index contributed by atoms with van der Waals surface area (Å²) in [5.41, 5.74) is -0.298. The molecule has 1 saturated carbocycles. The van der Waals surface area contributed by atoms with Crippen LogP contribution in [-0.2, 0) is 9.53 Å². The van der Waals surface area contributed by atoms with Crippen molar-refractivity contribution in [2.45, 2.75) is 64.9 Å². The van der Waals surface area contributed by atoms with Gasteiger partial charge in [-0.1, -0.05) is 13.3 Å². The summed E-state index contributed by atoms with van der Waals surface area (Å²) in [4.78, 5) is 12.4. The molecule has 1 N–H and O–H groups in total. The molecule has 2 fully saturated rings. The van der Waals surface area contributed by atoms with Crippen molar-refractivity contribution >= 4 is 5.97 Å². The number of hydrogen-bond acceptors (Lipinski definition) is 3. The fourth-order valence-electron chi connectivity index (χ4n) is 3.31. The smallest absolute Gasteiger partial charge is 0.313 e. The molecule has 0 radical (unpaired) electrons. The lowest BCUT2D eigenvalue weighted by Crippen LogP contribution is -2.46. The standard InChI is InChI=1S/C15H27NO2/c1-3-12-7-4-5-8-13(12)18-14(17)15(2)9-6-10-16-11-15/h12-13,16H,3-11H2,1-2H3. The molecule has 3 unspecified atom stereocenters. The fraction of sp³-hybridized carbons (Fsp3) is 0.933. The maximum absolute atomic E-state index is 12.4. The number of piperidine rings is 1. The van der Waals surface area contributed by atoms with Gasteiger partial charge in [-0.2, -0.15) is 0 Å². The van der Waals surface area contributed by atoms with Crippen LogP contribution >= 0.6 is 0 Å². The van der Waals surface area contributed by atoms with Gasteiger partial charge in [0.2, 0.25) is 0 Å². The van der Waals surface area contributed by atoms with Gasteiger partial charge in [-0.05, 0) is 57.9 Å². The largest absolute Gasteiger partial charge is 0.462 e. The zero-order chi connectivity index (χ0) is 13.0. The summed E-state index contributed by atoms with van der Waals surface area (Å²) in [5.74, 6) is 0.614. The molecule has 0 aromatic carbocycles.